The fourth-order valence-corrected chi connectivity index (χ4v) is 6.78. The van der Waals surface area contributed by atoms with Crippen LogP contribution in [0.25, 0.3) is 65.7 Å². The zero-order valence-electron chi connectivity index (χ0n) is 25.1. The van der Waals surface area contributed by atoms with Crippen molar-refractivity contribution in [1.29, 1.82) is 0 Å². The molecule has 1 heterocycles. The average molecular weight is 588 g/mol. The quantitative estimate of drug-likeness (QED) is 0.199. The lowest BCUT2D eigenvalue weighted by atomic mass is 9.98. The minimum absolute atomic E-state index is 0.910. The maximum absolute atomic E-state index is 6.46. The summed E-state index contributed by atoms with van der Waals surface area (Å²) in [4.78, 5) is 2.34. The molecular formula is C44H29NO. The van der Waals surface area contributed by atoms with E-state index in [1.165, 1.54) is 33.0 Å². The molecule has 0 aliphatic rings. The van der Waals surface area contributed by atoms with Crippen LogP contribution in [-0.4, -0.2) is 0 Å². The number of hydrogen-bond donors (Lipinski definition) is 0. The number of benzene rings is 8. The Kier molecular flexibility index (Phi) is 6.17. The van der Waals surface area contributed by atoms with Crippen molar-refractivity contribution in [3.63, 3.8) is 0 Å². The Labute approximate surface area is 267 Å². The van der Waals surface area contributed by atoms with Crippen molar-refractivity contribution in [2.24, 2.45) is 0 Å². The van der Waals surface area contributed by atoms with Crippen LogP contribution < -0.4 is 4.90 Å². The van der Waals surface area contributed by atoms with Gasteiger partial charge < -0.3 is 9.32 Å². The van der Waals surface area contributed by atoms with E-state index >= 15 is 0 Å². The minimum Gasteiger partial charge on any atom is -0.455 e. The highest BCUT2D eigenvalue weighted by atomic mass is 16.3. The highest BCUT2D eigenvalue weighted by Crippen LogP contribution is 2.41. The Morgan fingerprint density at radius 1 is 0.348 bits per heavy atom. The van der Waals surface area contributed by atoms with Gasteiger partial charge in [-0.15, -0.1) is 0 Å². The molecule has 2 nitrogen and oxygen atoms in total. The van der Waals surface area contributed by atoms with E-state index in [1.807, 2.05) is 12.1 Å². The van der Waals surface area contributed by atoms with Gasteiger partial charge in [0.1, 0.15) is 11.2 Å². The maximum atomic E-state index is 6.46. The van der Waals surface area contributed by atoms with E-state index in [2.05, 4.69) is 169 Å². The molecule has 0 spiro atoms. The molecule has 9 rings (SSSR count). The van der Waals surface area contributed by atoms with E-state index in [-0.39, 0.29) is 0 Å². The first-order chi connectivity index (χ1) is 22.8. The molecule has 9 aromatic rings. The van der Waals surface area contributed by atoms with Gasteiger partial charge in [0.2, 0.25) is 0 Å². The van der Waals surface area contributed by atoms with Crippen molar-refractivity contribution in [2.45, 2.75) is 0 Å². The zero-order chi connectivity index (χ0) is 30.5. The third kappa shape index (κ3) is 4.43. The Morgan fingerprint density at radius 3 is 1.74 bits per heavy atom. The van der Waals surface area contributed by atoms with Crippen LogP contribution in [0.5, 0.6) is 0 Å². The van der Waals surface area contributed by atoms with Gasteiger partial charge in [-0.1, -0.05) is 127 Å². The fourth-order valence-electron chi connectivity index (χ4n) is 6.78. The highest BCUT2D eigenvalue weighted by Gasteiger charge is 2.17. The van der Waals surface area contributed by atoms with Crippen molar-refractivity contribution >= 4 is 60.5 Å². The maximum Gasteiger partial charge on any atom is 0.143 e. The summed E-state index contributed by atoms with van der Waals surface area (Å²) in [6.07, 6.45) is 0. The van der Waals surface area contributed by atoms with Crippen molar-refractivity contribution < 1.29 is 4.42 Å². The molecule has 0 radical (unpaired) electrons. The summed E-state index contributed by atoms with van der Waals surface area (Å²) in [6.45, 7) is 0. The van der Waals surface area contributed by atoms with Crippen LogP contribution in [0.15, 0.2) is 180 Å². The second-order valence-electron chi connectivity index (χ2n) is 11.8. The summed E-state index contributed by atoms with van der Waals surface area (Å²) >= 11 is 0. The highest BCUT2D eigenvalue weighted by molar-refractivity contribution is 6.15. The monoisotopic (exact) mass is 587 g/mol. The molecule has 216 valence electrons. The van der Waals surface area contributed by atoms with Gasteiger partial charge >= 0.3 is 0 Å². The summed E-state index contributed by atoms with van der Waals surface area (Å²) in [5.74, 6) is 0. The van der Waals surface area contributed by atoms with Gasteiger partial charge in [0.15, 0.2) is 0 Å². The van der Waals surface area contributed by atoms with Gasteiger partial charge in [0.05, 0.1) is 0 Å². The lowest BCUT2D eigenvalue weighted by Gasteiger charge is -2.26. The molecule has 0 amide bonds. The van der Waals surface area contributed by atoms with Crippen LogP contribution in [0.3, 0.4) is 0 Å². The molecule has 0 aliphatic heterocycles. The number of rotatable bonds is 5. The lowest BCUT2D eigenvalue weighted by molar-refractivity contribution is 0.672. The SMILES string of the molecule is c1ccc(-c2ccc(N(c3ccc(-c4cccc5ccccc45)cc3)c3ccc4ccc5c6ccccc6oc5c4c3)cc2)cc1. The van der Waals surface area contributed by atoms with Crippen LogP contribution in [0.2, 0.25) is 0 Å². The van der Waals surface area contributed by atoms with Crippen molar-refractivity contribution in [2.75, 3.05) is 4.90 Å². The fraction of sp³-hybridized carbons (Fsp3) is 0. The minimum atomic E-state index is 0.910. The summed E-state index contributed by atoms with van der Waals surface area (Å²) in [5.41, 5.74) is 9.92. The molecule has 0 saturated heterocycles. The van der Waals surface area contributed by atoms with Gasteiger partial charge in [-0.05, 0) is 86.9 Å². The molecule has 2 heteroatoms. The molecule has 0 bridgehead atoms. The number of para-hydroxylation sites is 1. The largest absolute Gasteiger partial charge is 0.455 e. The van der Waals surface area contributed by atoms with E-state index in [1.54, 1.807) is 0 Å². The Bertz CT molecular complexity index is 2500. The second kappa shape index (κ2) is 10.8. The van der Waals surface area contributed by atoms with E-state index in [9.17, 15) is 0 Å². The van der Waals surface area contributed by atoms with Crippen LogP contribution >= 0.6 is 0 Å². The molecule has 46 heavy (non-hydrogen) atoms. The molecule has 0 atom stereocenters. The van der Waals surface area contributed by atoms with Crippen molar-refractivity contribution in [3.05, 3.63) is 176 Å². The van der Waals surface area contributed by atoms with Gasteiger partial charge in [0, 0.05) is 33.2 Å². The molecular weight excluding hydrogens is 558 g/mol. The van der Waals surface area contributed by atoms with Gasteiger partial charge in [-0.25, -0.2) is 0 Å². The number of anilines is 3. The number of nitrogens with zero attached hydrogens (tertiary/aromatic N) is 1. The molecule has 0 saturated carbocycles. The van der Waals surface area contributed by atoms with Crippen molar-refractivity contribution in [1.82, 2.24) is 0 Å². The van der Waals surface area contributed by atoms with Gasteiger partial charge in [0.25, 0.3) is 0 Å². The smallest absolute Gasteiger partial charge is 0.143 e. The first kappa shape index (κ1) is 26.3. The van der Waals surface area contributed by atoms with E-state index in [4.69, 9.17) is 4.42 Å². The van der Waals surface area contributed by atoms with Crippen molar-refractivity contribution in [3.8, 4) is 22.3 Å². The van der Waals surface area contributed by atoms with Crippen LogP contribution in [0.4, 0.5) is 17.1 Å². The molecule has 8 aromatic carbocycles. The zero-order valence-corrected chi connectivity index (χ0v) is 25.1. The first-order valence-electron chi connectivity index (χ1n) is 15.7. The molecule has 0 unspecified atom stereocenters. The Morgan fingerprint density at radius 2 is 0.935 bits per heavy atom. The molecule has 0 aliphatic carbocycles. The lowest BCUT2D eigenvalue weighted by Crippen LogP contribution is -2.09. The summed E-state index contributed by atoms with van der Waals surface area (Å²) in [5, 5.41) is 7.04. The Balaban J connectivity index is 1.20. The van der Waals surface area contributed by atoms with Gasteiger partial charge in [-0.3, -0.25) is 0 Å². The van der Waals surface area contributed by atoms with Crippen LogP contribution in [0.1, 0.15) is 0 Å². The number of furan rings is 1. The normalized spacial score (nSPS) is 11.5. The third-order valence-electron chi connectivity index (χ3n) is 9.06. The van der Waals surface area contributed by atoms with E-state index in [0.717, 1.165) is 49.8 Å². The summed E-state index contributed by atoms with van der Waals surface area (Å²) in [7, 11) is 0. The first-order valence-corrected chi connectivity index (χ1v) is 15.7. The number of hydrogen-bond acceptors (Lipinski definition) is 2. The predicted octanol–water partition coefficient (Wildman–Crippen LogP) is 12.7. The summed E-state index contributed by atoms with van der Waals surface area (Å²) < 4.78 is 6.46. The average Bonchev–Trinajstić information content (AvgIpc) is 3.52. The van der Waals surface area contributed by atoms with Crippen LogP contribution in [0, 0.1) is 0 Å². The Hall–Kier alpha value is -6.12. The molecule has 0 N–H and O–H groups in total. The number of fused-ring (bicyclic) bond motifs is 6. The van der Waals surface area contributed by atoms with Crippen LogP contribution in [-0.2, 0) is 0 Å². The molecule has 1 aromatic heterocycles. The standard InChI is InChI=1S/C44H29NO/c1-2-9-30(10-3-1)31-17-23-35(24-18-31)45(36-25-19-33(20-26-36)39-15-8-12-32-11-4-5-13-38(32)39)37-27-21-34-22-28-41-40-14-6-7-16-43(40)46-44(41)42(34)29-37/h1-29H. The summed E-state index contributed by atoms with van der Waals surface area (Å²) in [6, 6.07) is 62.7. The second-order valence-corrected chi connectivity index (χ2v) is 11.8. The predicted molar refractivity (Wildman–Crippen MR) is 194 cm³/mol. The molecule has 0 fully saturated rings. The van der Waals surface area contributed by atoms with Gasteiger partial charge in [-0.2, -0.15) is 0 Å². The topological polar surface area (TPSA) is 16.4 Å². The third-order valence-corrected chi connectivity index (χ3v) is 9.06. The van der Waals surface area contributed by atoms with E-state index < -0.39 is 0 Å². The van der Waals surface area contributed by atoms with E-state index in [0.29, 0.717) is 0 Å².